The number of nitrogens with zero attached hydrogens (tertiary/aromatic N) is 2. The zero-order valence-corrected chi connectivity index (χ0v) is 8.98. The Morgan fingerprint density at radius 2 is 2.43 bits per heavy atom. The highest BCUT2D eigenvalue weighted by atomic mass is 14.7. The van der Waals surface area contributed by atoms with Crippen molar-refractivity contribution in [1.82, 2.24) is 4.98 Å². The van der Waals surface area contributed by atoms with Crippen LogP contribution < -0.4 is 0 Å². The molecule has 0 amide bonds. The number of rotatable bonds is 5. The van der Waals surface area contributed by atoms with Crippen LogP contribution >= 0.6 is 0 Å². The lowest BCUT2D eigenvalue weighted by molar-refractivity contribution is 0.591. The average Bonchev–Trinajstić information content (AvgIpc) is 2.25. The van der Waals surface area contributed by atoms with Crippen LogP contribution in [-0.4, -0.2) is 11.2 Å². The predicted octanol–water partition coefficient (Wildman–Crippen LogP) is 3.09. The second kappa shape index (κ2) is 6.30. The van der Waals surface area contributed by atoms with Crippen molar-refractivity contribution in [1.29, 1.82) is 0 Å². The summed E-state index contributed by atoms with van der Waals surface area (Å²) in [6.45, 7) is 5.21. The first kappa shape index (κ1) is 10.9. The van der Waals surface area contributed by atoms with Crippen LogP contribution in [0.5, 0.6) is 0 Å². The normalized spacial score (nSPS) is 13.3. The second-order valence-corrected chi connectivity index (χ2v) is 3.63. The van der Waals surface area contributed by atoms with E-state index in [1.54, 1.807) is 6.20 Å². The van der Waals surface area contributed by atoms with Gasteiger partial charge in [0.1, 0.15) is 0 Å². The maximum atomic E-state index is 4.36. The summed E-state index contributed by atoms with van der Waals surface area (Å²) in [6, 6.07) is 3.99. The molecule has 1 aromatic heterocycles. The van der Waals surface area contributed by atoms with Crippen LogP contribution in [-0.2, 0) is 6.54 Å². The van der Waals surface area contributed by atoms with Crippen molar-refractivity contribution in [3.05, 3.63) is 30.1 Å². The Kier molecular flexibility index (Phi) is 4.90. The Morgan fingerprint density at radius 3 is 3.07 bits per heavy atom. The van der Waals surface area contributed by atoms with E-state index in [0.29, 0.717) is 0 Å². The monoisotopic (exact) mass is 190 g/mol. The van der Waals surface area contributed by atoms with Gasteiger partial charge >= 0.3 is 0 Å². The fraction of sp³-hybridized carbons (Fsp3) is 0.500. The van der Waals surface area contributed by atoms with Crippen LogP contribution in [0.25, 0.3) is 0 Å². The van der Waals surface area contributed by atoms with Gasteiger partial charge in [-0.25, -0.2) is 0 Å². The maximum absolute atomic E-state index is 4.36. The smallest absolute Gasteiger partial charge is 0.0650 e. The van der Waals surface area contributed by atoms with Crippen LogP contribution in [0.4, 0.5) is 0 Å². The molecule has 1 rings (SSSR count). The zero-order valence-electron chi connectivity index (χ0n) is 8.98. The molecule has 2 heteroatoms. The van der Waals surface area contributed by atoms with Gasteiger partial charge in [0, 0.05) is 12.4 Å². The molecule has 0 aliphatic carbocycles. The van der Waals surface area contributed by atoms with Gasteiger partial charge in [-0.1, -0.05) is 26.3 Å². The molecule has 0 aliphatic heterocycles. The number of hydrogen-bond donors (Lipinski definition) is 0. The van der Waals surface area contributed by atoms with Gasteiger partial charge in [-0.05, 0) is 30.2 Å². The molecular weight excluding hydrogens is 172 g/mol. The molecule has 2 nitrogen and oxygen atoms in total. The van der Waals surface area contributed by atoms with E-state index in [1.807, 2.05) is 24.5 Å². The highest BCUT2D eigenvalue weighted by Gasteiger charge is 1.94. The number of aromatic nitrogens is 1. The van der Waals surface area contributed by atoms with Gasteiger partial charge in [0.05, 0.1) is 6.54 Å². The first-order valence-electron chi connectivity index (χ1n) is 5.20. The Labute approximate surface area is 86.1 Å². The van der Waals surface area contributed by atoms with Gasteiger partial charge in [-0.2, -0.15) is 0 Å². The average molecular weight is 190 g/mol. The highest BCUT2D eigenvalue weighted by molar-refractivity contribution is 5.57. The highest BCUT2D eigenvalue weighted by Crippen LogP contribution is 2.04. The summed E-state index contributed by atoms with van der Waals surface area (Å²) >= 11 is 0. The van der Waals surface area contributed by atoms with Crippen molar-refractivity contribution in [3.63, 3.8) is 0 Å². The molecule has 0 radical (unpaired) electrons. The molecule has 14 heavy (non-hydrogen) atoms. The summed E-state index contributed by atoms with van der Waals surface area (Å²) in [6.07, 6.45) is 7.98. The predicted molar refractivity (Wildman–Crippen MR) is 60.5 cm³/mol. The summed E-state index contributed by atoms with van der Waals surface area (Å²) < 4.78 is 0. The maximum Gasteiger partial charge on any atom is 0.0650 e. The number of aliphatic imine (C=N–C) groups is 1. The zero-order chi connectivity index (χ0) is 10.2. The molecule has 1 atom stereocenters. The van der Waals surface area contributed by atoms with E-state index in [0.717, 1.165) is 18.9 Å². The standard InChI is InChI=1S/C12H18N2/c1-3-11(2)6-8-14-10-12-5-4-7-13-9-12/h4-5,7-9,11H,3,6,10H2,1-2H3. The number of hydrogen-bond acceptors (Lipinski definition) is 2. The molecule has 1 unspecified atom stereocenters. The van der Waals surface area contributed by atoms with E-state index in [2.05, 4.69) is 23.8 Å². The summed E-state index contributed by atoms with van der Waals surface area (Å²) in [7, 11) is 0. The molecule has 1 aromatic rings. The molecule has 76 valence electrons. The van der Waals surface area contributed by atoms with Gasteiger partial charge in [0.2, 0.25) is 0 Å². The van der Waals surface area contributed by atoms with Crippen LogP contribution in [0, 0.1) is 5.92 Å². The van der Waals surface area contributed by atoms with Crippen molar-refractivity contribution >= 4 is 6.21 Å². The van der Waals surface area contributed by atoms with E-state index >= 15 is 0 Å². The molecular formula is C12H18N2. The van der Waals surface area contributed by atoms with Crippen molar-refractivity contribution in [2.24, 2.45) is 10.9 Å². The van der Waals surface area contributed by atoms with E-state index < -0.39 is 0 Å². The van der Waals surface area contributed by atoms with Crippen molar-refractivity contribution < 1.29 is 0 Å². The lowest BCUT2D eigenvalue weighted by Gasteiger charge is -2.01. The molecule has 0 aromatic carbocycles. The lowest BCUT2D eigenvalue weighted by atomic mass is 10.1. The molecule has 0 saturated carbocycles. The van der Waals surface area contributed by atoms with Crippen molar-refractivity contribution in [2.45, 2.75) is 33.2 Å². The third kappa shape index (κ3) is 4.17. The number of pyridine rings is 1. The Morgan fingerprint density at radius 1 is 1.57 bits per heavy atom. The van der Waals surface area contributed by atoms with Gasteiger partial charge in [0.25, 0.3) is 0 Å². The Hall–Kier alpha value is -1.18. The lowest BCUT2D eigenvalue weighted by Crippen LogP contribution is -1.92. The summed E-state index contributed by atoms with van der Waals surface area (Å²) in [5.41, 5.74) is 1.17. The van der Waals surface area contributed by atoms with Gasteiger partial charge in [0.15, 0.2) is 0 Å². The van der Waals surface area contributed by atoms with Crippen LogP contribution in [0.15, 0.2) is 29.5 Å². The van der Waals surface area contributed by atoms with Gasteiger partial charge in [-0.15, -0.1) is 0 Å². The van der Waals surface area contributed by atoms with E-state index in [9.17, 15) is 0 Å². The van der Waals surface area contributed by atoms with Crippen LogP contribution in [0.2, 0.25) is 0 Å². The topological polar surface area (TPSA) is 25.2 Å². The van der Waals surface area contributed by atoms with Gasteiger partial charge in [-0.3, -0.25) is 9.98 Å². The minimum atomic E-state index is 0.743. The second-order valence-electron chi connectivity index (χ2n) is 3.63. The summed E-state index contributed by atoms with van der Waals surface area (Å²) in [5, 5.41) is 0. The Bertz CT molecular complexity index is 267. The fourth-order valence-corrected chi connectivity index (χ4v) is 1.08. The minimum absolute atomic E-state index is 0.743. The van der Waals surface area contributed by atoms with E-state index in [1.165, 1.54) is 12.0 Å². The SMILES string of the molecule is CCC(C)CC=NCc1cccnc1. The fourth-order valence-electron chi connectivity index (χ4n) is 1.08. The largest absolute Gasteiger partial charge is 0.293 e. The third-order valence-electron chi connectivity index (χ3n) is 2.33. The van der Waals surface area contributed by atoms with E-state index in [4.69, 9.17) is 0 Å². The van der Waals surface area contributed by atoms with Crippen molar-refractivity contribution in [2.75, 3.05) is 0 Å². The van der Waals surface area contributed by atoms with Crippen LogP contribution in [0.3, 0.4) is 0 Å². The van der Waals surface area contributed by atoms with Crippen LogP contribution in [0.1, 0.15) is 32.3 Å². The molecule has 0 N–H and O–H groups in total. The van der Waals surface area contributed by atoms with E-state index in [-0.39, 0.29) is 0 Å². The molecule has 0 aliphatic rings. The van der Waals surface area contributed by atoms with Crippen molar-refractivity contribution in [3.8, 4) is 0 Å². The molecule has 0 bridgehead atoms. The summed E-state index contributed by atoms with van der Waals surface area (Å²) in [5.74, 6) is 0.743. The Balaban J connectivity index is 2.27. The first-order valence-corrected chi connectivity index (χ1v) is 5.20. The third-order valence-corrected chi connectivity index (χ3v) is 2.33. The summed E-state index contributed by atoms with van der Waals surface area (Å²) in [4.78, 5) is 8.41. The minimum Gasteiger partial charge on any atom is -0.293 e. The van der Waals surface area contributed by atoms with Gasteiger partial charge < -0.3 is 0 Å². The molecule has 0 saturated heterocycles. The molecule has 0 fully saturated rings. The molecule has 0 spiro atoms. The first-order chi connectivity index (χ1) is 6.83. The quantitative estimate of drug-likeness (QED) is 0.655. The molecule has 1 heterocycles.